The lowest BCUT2D eigenvalue weighted by atomic mass is 10.1. The van der Waals surface area contributed by atoms with E-state index in [0.717, 1.165) is 11.6 Å². The van der Waals surface area contributed by atoms with Crippen molar-refractivity contribution in [3.8, 4) is 0 Å². The van der Waals surface area contributed by atoms with Crippen molar-refractivity contribution < 1.29 is 18.0 Å². The van der Waals surface area contributed by atoms with Crippen molar-refractivity contribution in [2.24, 2.45) is 0 Å². The van der Waals surface area contributed by atoms with Gasteiger partial charge in [-0.25, -0.2) is 0 Å². The molecule has 134 valence electrons. The number of likely N-dealkylation sites (N-methyl/N-ethyl adjacent to an activating group) is 1. The van der Waals surface area contributed by atoms with E-state index >= 15 is 0 Å². The fraction of sp³-hybridized carbons (Fsp3) is 0.278. The predicted octanol–water partition coefficient (Wildman–Crippen LogP) is 4.82. The molecule has 0 aliphatic carbocycles. The number of para-hydroxylation sites is 1. The summed E-state index contributed by atoms with van der Waals surface area (Å²) < 4.78 is 38.9. The number of carbonyl (C=O) groups is 1. The Bertz CT molecular complexity index is 717. The van der Waals surface area contributed by atoms with Crippen LogP contribution in [0.1, 0.15) is 18.1 Å². The molecule has 0 unspecified atom stereocenters. The minimum Gasteiger partial charge on any atom is -0.324 e. The highest BCUT2D eigenvalue weighted by atomic mass is 35.5. The molecule has 3 nitrogen and oxygen atoms in total. The van der Waals surface area contributed by atoms with Crippen LogP contribution in [0.2, 0.25) is 5.02 Å². The Hall–Kier alpha value is -2.05. The average molecular weight is 371 g/mol. The molecule has 0 atom stereocenters. The van der Waals surface area contributed by atoms with Crippen LogP contribution in [0.5, 0.6) is 0 Å². The molecule has 7 heteroatoms. The molecule has 2 aromatic rings. The van der Waals surface area contributed by atoms with Gasteiger partial charge in [-0.1, -0.05) is 42.8 Å². The number of halogens is 4. The van der Waals surface area contributed by atoms with Crippen LogP contribution in [0.15, 0.2) is 48.5 Å². The lowest BCUT2D eigenvalue weighted by Crippen LogP contribution is -2.33. The smallest absolute Gasteiger partial charge is 0.324 e. The highest BCUT2D eigenvalue weighted by Gasteiger charge is 2.33. The van der Waals surface area contributed by atoms with Gasteiger partial charge in [-0.2, -0.15) is 13.2 Å². The van der Waals surface area contributed by atoms with Gasteiger partial charge < -0.3 is 5.32 Å². The highest BCUT2D eigenvalue weighted by molar-refractivity contribution is 6.30. The van der Waals surface area contributed by atoms with E-state index in [1.165, 1.54) is 18.2 Å². The van der Waals surface area contributed by atoms with E-state index in [2.05, 4.69) is 5.32 Å². The first-order valence-electron chi connectivity index (χ1n) is 7.72. The summed E-state index contributed by atoms with van der Waals surface area (Å²) in [6.07, 6.45) is -4.52. The molecule has 0 saturated carbocycles. The van der Waals surface area contributed by atoms with E-state index in [1.807, 2.05) is 24.0 Å². The molecule has 1 amide bonds. The van der Waals surface area contributed by atoms with Gasteiger partial charge in [0, 0.05) is 11.6 Å². The van der Waals surface area contributed by atoms with Crippen LogP contribution >= 0.6 is 11.6 Å². The van der Waals surface area contributed by atoms with Crippen molar-refractivity contribution in [2.45, 2.75) is 19.6 Å². The van der Waals surface area contributed by atoms with Gasteiger partial charge in [-0.3, -0.25) is 9.69 Å². The number of nitrogens with zero attached hydrogens (tertiary/aromatic N) is 1. The zero-order chi connectivity index (χ0) is 18.4. The summed E-state index contributed by atoms with van der Waals surface area (Å²) in [6.45, 7) is 2.96. The lowest BCUT2D eigenvalue weighted by Gasteiger charge is -2.21. The second-order valence-corrected chi connectivity index (χ2v) is 5.96. The van der Waals surface area contributed by atoms with E-state index in [-0.39, 0.29) is 12.2 Å². The summed E-state index contributed by atoms with van der Waals surface area (Å²) in [5.74, 6) is -0.493. The Labute approximate surface area is 149 Å². The van der Waals surface area contributed by atoms with Crippen LogP contribution < -0.4 is 5.32 Å². The number of hydrogen-bond acceptors (Lipinski definition) is 2. The Morgan fingerprint density at radius 3 is 2.36 bits per heavy atom. The number of alkyl halides is 3. The molecular weight excluding hydrogens is 353 g/mol. The summed E-state index contributed by atoms with van der Waals surface area (Å²) in [5.41, 5.74) is -0.124. The molecule has 0 bridgehead atoms. The summed E-state index contributed by atoms with van der Waals surface area (Å²) in [4.78, 5) is 14.0. The minimum absolute atomic E-state index is 0.00861. The molecule has 0 saturated heterocycles. The molecule has 0 aliphatic rings. The fourth-order valence-electron chi connectivity index (χ4n) is 2.36. The van der Waals surface area contributed by atoms with Crippen molar-refractivity contribution in [1.82, 2.24) is 4.90 Å². The molecular formula is C18H18ClF3N2O. The maximum absolute atomic E-state index is 13.0. The first-order valence-corrected chi connectivity index (χ1v) is 8.10. The second-order valence-electron chi connectivity index (χ2n) is 5.52. The normalized spacial score (nSPS) is 11.6. The predicted molar refractivity (Wildman–Crippen MR) is 92.5 cm³/mol. The summed E-state index contributed by atoms with van der Waals surface area (Å²) in [6, 6.07) is 12.1. The van der Waals surface area contributed by atoms with Gasteiger partial charge in [0.25, 0.3) is 0 Å². The van der Waals surface area contributed by atoms with Crippen LogP contribution in [-0.2, 0) is 17.5 Å². The number of carbonyl (C=O) groups excluding carboxylic acids is 1. The molecule has 0 aromatic heterocycles. The number of amides is 1. The summed E-state index contributed by atoms with van der Waals surface area (Å²) in [5, 5.41) is 2.97. The van der Waals surface area contributed by atoms with Gasteiger partial charge >= 0.3 is 6.18 Å². The van der Waals surface area contributed by atoms with Gasteiger partial charge in [-0.15, -0.1) is 0 Å². The third kappa shape index (κ3) is 5.76. The standard InChI is InChI=1S/C18H18ClF3N2O/c1-2-24(11-13-7-9-14(19)10-8-13)12-17(25)23-16-6-4-3-5-15(16)18(20,21)22/h3-10H,2,11-12H2,1H3,(H,23,25). The quantitative estimate of drug-likeness (QED) is 0.790. The number of hydrogen-bond donors (Lipinski definition) is 1. The van der Waals surface area contributed by atoms with E-state index in [9.17, 15) is 18.0 Å². The van der Waals surface area contributed by atoms with E-state index in [0.29, 0.717) is 18.1 Å². The Kier molecular flexibility index (Phi) is 6.45. The number of benzene rings is 2. The zero-order valence-electron chi connectivity index (χ0n) is 13.6. The van der Waals surface area contributed by atoms with E-state index in [1.54, 1.807) is 12.1 Å². The molecule has 2 aromatic carbocycles. The molecule has 0 aliphatic heterocycles. The maximum atomic E-state index is 13.0. The van der Waals surface area contributed by atoms with Crippen molar-refractivity contribution in [1.29, 1.82) is 0 Å². The van der Waals surface area contributed by atoms with Gasteiger partial charge in [-0.05, 0) is 36.4 Å². The molecule has 2 rings (SSSR count). The SMILES string of the molecule is CCN(CC(=O)Nc1ccccc1C(F)(F)F)Cc1ccc(Cl)cc1. The second kappa shape index (κ2) is 8.36. The van der Waals surface area contributed by atoms with Crippen LogP contribution in [0.25, 0.3) is 0 Å². The average Bonchev–Trinajstić information content (AvgIpc) is 2.55. The van der Waals surface area contributed by atoms with Gasteiger partial charge in [0.05, 0.1) is 17.8 Å². The largest absolute Gasteiger partial charge is 0.418 e. The van der Waals surface area contributed by atoms with Gasteiger partial charge in [0.15, 0.2) is 0 Å². The fourth-order valence-corrected chi connectivity index (χ4v) is 2.49. The minimum atomic E-state index is -4.52. The summed E-state index contributed by atoms with van der Waals surface area (Å²) >= 11 is 5.84. The molecule has 25 heavy (non-hydrogen) atoms. The number of nitrogens with one attached hydrogen (secondary N) is 1. The first kappa shape index (κ1) is 19.3. The van der Waals surface area contributed by atoms with Crippen LogP contribution in [-0.4, -0.2) is 23.9 Å². The van der Waals surface area contributed by atoms with Crippen LogP contribution in [0.3, 0.4) is 0 Å². The summed E-state index contributed by atoms with van der Waals surface area (Å²) in [7, 11) is 0. The van der Waals surface area contributed by atoms with Gasteiger partial charge in [0.1, 0.15) is 0 Å². The molecule has 0 heterocycles. The van der Waals surface area contributed by atoms with Crippen molar-refractivity contribution in [3.05, 3.63) is 64.7 Å². The molecule has 1 N–H and O–H groups in total. The maximum Gasteiger partial charge on any atom is 0.418 e. The molecule has 0 spiro atoms. The number of anilines is 1. The van der Waals surface area contributed by atoms with E-state index < -0.39 is 17.6 Å². The van der Waals surface area contributed by atoms with Crippen LogP contribution in [0.4, 0.5) is 18.9 Å². The van der Waals surface area contributed by atoms with Crippen molar-refractivity contribution in [2.75, 3.05) is 18.4 Å². The lowest BCUT2D eigenvalue weighted by molar-refractivity contribution is -0.137. The molecule has 0 radical (unpaired) electrons. The van der Waals surface area contributed by atoms with E-state index in [4.69, 9.17) is 11.6 Å². The van der Waals surface area contributed by atoms with Crippen molar-refractivity contribution >= 4 is 23.2 Å². The Balaban J connectivity index is 2.02. The third-order valence-corrected chi connectivity index (χ3v) is 3.89. The Morgan fingerprint density at radius 1 is 1.12 bits per heavy atom. The first-order chi connectivity index (χ1) is 11.8. The topological polar surface area (TPSA) is 32.3 Å². The number of rotatable bonds is 6. The Morgan fingerprint density at radius 2 is 1.76 bits per heavy atom. The highest BCUT2D eigenvalue weighted by Crippen LogP contribution is 2.34. The zero-order valence-corrected chi connectivity index (χ0v) is 14.4. The van der Waals surface area contributed by atoms with Crippen molar-refractivity contribution in [3.63, 3.8) is 0 Å². The monoisotopic (exact) mass is 370 g/mol. The van der Waals surface area contributed by atoms with Crippen LogP contribution in [0, 0.1) is 0 Å². The third-order valence-electron chi connectivity index (χ3n) is 3.64. The van der Waals surface area contributed by atoms with Gasteiger partial charge in [0.2, 0.25) is 5.91 Å². The molecule has 0 fully saturated rings.